The summed E-state index contributed by atoms with van der Waals surface area (Å²) in [5.41, 5.74) is 0.0736. The average Bonchev–Trinajstić information content (AvgIpc) is 2.13. The van der Waals surface area contributed by atoms with Gasteiger partial charge in [0.1, 0.15) is 0 Å². The van der Waals surface area contributed by atoms with Crippen LogP contribution in [0.4, 0.5) is 0 Å². The van der Waals surface area contributed by atoms with Crippen molar-refractivity contribution in [2.24, 2.45) is 0 Å². The molecule has 0 aromatic carbocycles. The summed E-state index contributed by atoms with van der Waals surface area (Å²) in [6, 6.07) is 0. The third kappa shape index (κ3) is 5.68. The minimum absolute atomic E-state index is 0.0736. The van der Waals surface area contributed by atoms with Crippen molar-refractivity contribution in [3.8, 4) is 11.8 Å². The van der Waals surface area contributed by atoms with E-state index in [-0.39, 0.29) is 12.1 Å². The molecular weight excluding hydrogens is 162 g/mol. The molecule has 0 aliphatic heterocycles. The third-order valence-corrected chi connectivity index (χ3v) is 2.42. The van der Waals surface area contributed by atoms with Crippen LogP contribution in [0.15, 0.2) is 0 Å². The van der Waals surface area contributed by atoms with Crippen LogP contribution in [0.3, 0.4) is 0 Å². The van der Waals surface area contributed by atoms with E-state index in [1.165, 1.54) is 0 Å². The fourth-order valence-electron chi connectivity index (χ4n) is 1.19. The molecular formula is C11H21NO. The topological polar surface area (TPSA) is 32.3 Å². The molecule has 1 atom stereocenters. The van der Waals surface area contributed by atoms with Crippen LogP contribution in [0, 0.1) is 11.8 Å². The molecule has 0 radical (unpaired) electrons. The Labute approximate surface area is 81.7 Å². The Morgan fingerprint density at radius 3 is 2.62 bits per heavy atom. The van der Waals surface area contributed by atoms with Gasteiger partial charge in [-0.3, -0.25) is 0 Å². The highest BCUT2D eigenvalue weighted by atomic mass is 16.3. The number of hydrogen-bond acceptors (Lipinski definition) is 2. The maximum absolute atomic E-state index is 8.87. The predicted molar refractivity (Wildman–Crippen MR) is 56.5 cm³/mol. The first-order chi connectivity index (χ1) is 6.18. The minimum atomic E-state index is 0.0736. The second kappa shape index (κ2) is 6.94. The Morgan fingerprint density at radius 2 is 2.15 bits per heavy atom. The first-order valence-corrected chi connectivity index (χ1v) is 4.94. The Balaban J connectivity index is 3.73. The molecule has 0 spiro atoms. The fourth-order valence-corrected chi connectivity index (χ4v) is 1.19. The van der Waals surface area contributed by atoms with Gasteiger partial charge in [-0.2, -0.15) is 0 Å². The maximum Gasteiger partial charge on any atom is 0.0448 e. The molecule has 13 heavy (non-hydrogen) atoms. The number of nitrogens with one attached hydrogen (secondary N) is 1. The lowest BCUT2D eigenvalue weighted by atomic mass is 9.95. The van der Waals surface area contributed by atoms with Gasteiger partial charge in [0, 0.05) is 25.1 Å². The summed E-state index contributed by atoms with van der Waals surface area (Å²) in [4.78, 5) is 0. The van der Waals surface area contributed by atoms with E-state index in [4.69, 9.17) is 5.11 Å². The Bertz CT molecular complexity index is 180. The first-order valence-electron chi connectivity index (χ1n) is 4.94. The van der Waals surface area contributed by atoms with Crippen molar-refractivity contribution in [2.45, 2.75) is 45.6 Å². The maximum atomic E-state index is 8.87. The van der Waals surface area contributed by atoms with E-state index in [1.54, 1.807) is 0 Å². The molecule has 0 fully saturated rings. The molecule has 2 nitrogen and oxygen atoms in total. The van der Waals surface area contributed by atoms with Gasteiger partial charge in [-0.15, -0.1) is 11.8 Å². The fraction of sp³-hybridized carbons (Fsp3) is 0.818. The predicted octanol–water partition coefficient (Wildman–Crippen LogP) is 1.54. The van der Waals surface area contributed by atoms with Crippen molar-refractivity contribution in [2.75, 3.05) is 13.2 Å². The van der Waals surface area contributed by atoms with Crippen LogP contribution in [0.25, 0.3) is 0 Å². The summed E-state index contributed by atoms with van der Waals surface area (Å²) in [6.45, 7) is 7.28. The average molecular weight is 183 g/mol. The van der Waals surface area contributed by atoms with E-state index < -0.39 is 0 Å². The SMILES string of the molecule is CC#CCCNC(C)(CC)CCO. The molecule has 0 rings (SSSR count). The molecule has 0 aliphatic carbocycles. The van der Waals surface area contributed by atoms with Crippen molar-refractivity contribution in [1.29, 1.82) is 0 Å². The number of aliphatic hydroxyl groups excluding tert-OH is 1. The molecule has 0 aromatic heterocycles. The van der Waals surface area contributed by atoms with E-state index >= 15 is 0 Å². The van der Waals surface area contributed by atoms with Gasteiger partial charge in [0.2, 0.25) is 0 Å². The first kappa shape index (κ1) is 12.5. The molecule has 0 amide bonds. The molecule has 0 aromatic rings. The monoisotopic (exact) mass is 183 g/mol. The lowest BCUT2D eigenvalue weighted by Crippen LogP contribution is -2.42. The zero-order chi connectivity index (χ0) is 10.2. The molecule has 1 unspecified atom stereocenters. The van der Waals surface area contributed by atoms with Gasteiger partial charge in [0.15, 0.2) is 0 Å². The van der Waals surface area contributed by atoms with E-state index in [2.05, 4.69) is 31.0 Å². The lowest BCUT2D eigenvalue weighted by molar-refractivity contribution is 0.217. The molecule has 2 heteroatoms. The Morgan fingerprint density at radius 1 is 1.46 bits per heavy atom. The number of rotatable bonds is 6. The molecule has 2 N–H and O–H groups in total. The normalized spacial score (nSPS) is 14.5. The Hall–Kier alpha value is -0.520. The molecule has 0 saturated carbocycles. The second-order valence-electron chi connectivity index (χ2n) is 3.49. The minimum Gasteiger partial charge on any atom is -0.396 e. The molecule has 0 saturated heterocycles. The van der Waals surface area contributed by atoms with Crippen molar-refractivity contribution in [1.82, 2.24) is 5.32 Å². The smallest absolute Gasteiger partial charge is 0.0448 e. The van der Waals surface area contributed by atoms with Crippen LogP contribution in [-0.2, 0) is 0 Å². The van der Waals surface area contributed by atoms with Crippen molar-refractivity contribution in [3.05, 3.63) is 0 Å². The number of hydrogen-bond donors (Lipinski definition) is 2. The van der Waals surface area contributed by atoms with E-state index in [0.717, 1.165) is 25.8 Å². The van der Waals surface area contributed by atoms with Crippen LogP contribution in [-0.4, -0.2) is 23.8 Å². The summed E-state index contributed by atoms with van der Waals surface area (Å²) in [7, 11) is 0. The third-order valence-electron chi connectivity index (χ3n) is 2.42. The molecule has 0 aliphatic rings. The van der Waals surface area contributed by atoms with E-state index in [9.17, 15) is 0 Å². The highest BCUT2D eigenvalue weighted by Gasteiger charge is 2.19. The lowest BCUT2D eigenvalue weighted by Gasteiger charge is -2.28. The Kier molecular flexibility index (Phi) is 6.66. The van der Waals surface area contributed by atoms with Gasteiger partial charge in [0.05, 0.1) is 0 Å². The van der Waals surface area contributed by atoms with Crippen LogP contribution in [0.1, 0.15) is 40.0 Å². The molecule has 0 bridgehead atoms. The van der Waals surface area contributed by atoms with E-state index in [1.807, 2.05) is 6.92 Å². The summed E-state index contributed by atoms with van der Waals surface area (Å²) in [5, 5.41) is 12.3. The molecule has 0 heterocycles. The van der Waals surface area contributed by atoms with E-state index in [0.29, 0.717) is 0 Å². The largest absolute Gasteiger partial charge is 0.396 e. The number of aliphatic hydroxyl groups is 1. The van der Waals surface area contributed by atoms with Crippen LogP contribution >= 0.6 is 0 Å². The second-order valence-corrected chi connectivity index (χ2v) is 3.49. The van der Waals surface area contributed by atoms with Gasteiger partial charge >= 0.3 is 0 Å². The van der Waals surface area contributed by atoms with Gasteiger partial charge in [-0.05, 0) is 26.7 Å². The van der Waals surface area contributed by atoms with Crippen molar-refractivity contribution in [3.63, 3.8) is 0 Å². The van der Waals surface area contributed by atoms with Gasteiger partial charge in [0.25, 0.3) is 0 Å². The van der Waals surface area contributed by atoms with Crippen molar-refractivity contribution >= 4 is 0 Å². The summed E-state index contributed by atoms with van der Waals surface area (Å²) < 4.78 is 0. The highest BCUT2D eigenvalue weighted by molar-refractivity contribution is 4.96. The van der Waals surface area contributed by atoms with Crippen molar-refractivity contribution < 1.29 is 5.11 Å². The van der Waals surface area contributed by atoms with Gasteiger partial charge in [-0.1, -0.05) is 6.92 Å². The highest BCUT2D eigenvalue weighted by Crippen LogP contribution is 2.13. The quantitative estimate of drug-likeness (QED) is 0.483. The summed E-state index contributed by atoms with van der Waals surface area (Å²) >= 11 is 0. The zero-order valence-corrected chi connectivity index (χ0v) is 8.98. The van der Waals surface area contributed by atoms with Gasteiger partial charge < -0.3 is 10.4 Å². The zero-order valence-electron chi connectivity index (χ0n) is 8.98. The summed E-state index contributed by atoms with van der Waals surface area (Å²) in [6.07, 6.45) is 2.73. The summed E-state index contributed by atoms with van der Waals surface area (Å²) in [5.74, 6) is 5.88. The standard InChI is InChI=1S/C11H21NO/c1-4-6-7-9-12-11(3,5-2)8-10-13/h12-13H,5,7-10H2,1-3H3. The van der Waals surface area contributed by atoms with Crippen LogP contribution < -0.4 is 5.32 Å². The van der Waals surface area contributed by atoms with Gasteiger partial charge in [-0.25, -0.2) is 0 Å². The molecule has 76 valence electrons. The van der Waals surface area contributed by atoms with Crippen LogP contribution in [0.2, 0.25) is 0 Å². The van der Waals surface area contributed by atoms with Crippen LogP contribution in [0.5, 0.6) is 0 Å².